The molecule has 0 spiro atoms. The molecule has 3 aromatic rings. The van der Waals surface area contributed by atoms with Crippen LogP contribution in [-0.2, 0) is 4.79 Å². The lowest BCUT2D eigenvalue weighted by atomic mass is 10.1. The molecule has 5 nitrogen and oxygen atoms in total. The van der Waals surface area contributed by atoms with Crippen LogP contribution in [0, 0.1) is 12.7 Å². The Kier molecular flexibility index (Phi) is 4.20. The van der Waals surface area contributed by atoms with E-state index in [4.69, 9.17) is 16.1 Å². The quantitative estimate of drug-likeness (QED) is 0.686. The summed E-state index contributed by atoms with van der Waals surface area (Å²) in [6.45, 7) is 2.45. The van der Waals surface area contributed by atoms with E-state index in [1.807, 2.05) is 31.2 Å². The number of carbonyl (C=O) groups excluding carboxylic acids is 1. The van der Waals surface area contributed by atoms with Gasteiger partial charge in [0.05, 0.1) is 10.9 Å². The van der Waals surface area contributed by atoms with Crippen LogP contribution in [0.1, 0.15) is 23.8 Å². The molecule has 1 fully saturated rings. The van der Waals surface area contributed by atoms with Gasteiger partial charge in [-0.25, -0.2) is 4.39 Å². The second-order valence-corrected chi connectivity index (χ2v) is 6.68. The van der Waals surface area contributed by atoms with E-state index >= 15 is 0 Å². The topological polar surface area (TPSA) is 59.2 Å². The van der Waals surface area contributed by atoms with E-state index in [0.29, 0.717) is 30.2 Å². The molecule has 0 saturated carbocycles. The van der Waals surface area contributed by atoms with E-state index < -0.39 is 5.82 Å². The SMILES string of the molecule is Cc1ccccc1N1CC(c2nc(-c3ccc(F)c(Cl)c3)no2)CC1=O. The maximum Gasteiger partial charge on any atom is 0.232 e. The number of halogens is 2. The maximum absolute atomic E-state index is 13.3. The highest BCUT2D eigenvalue weighted by Gasteiger charge is 2.35. The number of hydrogen-bond acceptors (Lipinski definition) is 4. The van der Waals surface area contributed by atoms with Crippen LogP contribution in [0.4, 0.5) is 10.1 Å². The molecule has 132 valence electrons. The molecular formula is C19H15ClFN3O2. The third-order valence-electron chi connectivity index (χ3n) is 4.50. The first-order valence-corrected chi connectivity index (χ1v) is 8.56. The summed E-state index contributed by atoms with van der Waals surface area (Å²) in [6, 6.07) is 12.0. The zero-order chi connectivity index (χ0) is 18.3. The number of rotatable bonds is 3. The van der Waals surface area contributed by atoms with Gasteiger partial charge in [-0.3, -0.25) is 4.79 Å². The third-order valence-corrected chi connectivity index (χ3v) is 4.79. The Morgan fingerprint density at radius 3 is 2.85 bits per heavy atom. The molecule has 7 heteroatoms. The van der Waals surface area contributed by atoms with E-state index in [9.17, 15) is 9.18 Å². The fraction of sp³-hybridized carbons (Fsp3) is 0.211. The van der Waals surface area contributed by atoms with Crippen LogP contribution in [0.2, 0.25) is 5.02 Å². The smallest absolute Gasteiger partial charge is 0.232 e. The minimum Gasteiger partial charge on any atom is -0.339 e. The van der Waals surface area contributed by atoms with Crippen molar-refractivity contribution in [3.05, 3.63) is 64.8 Å². The molecule has 0 N–H and O–H groups in total. The zero-order valence-corrected chi connectivity index (χ0v) is 14.7. The van der Waals surface area contributed by atoms with Crippen LogP contribution >= 0.6 is 11.6 Å². The van der Waals surface area contributed by atoms with E-state index in [2.05, 4.69) is 10.1 Å². The van der Waals surface area contributed by atoms with Crippen molar-refractivity contribution in [2.45, 2.75) is 19.3 Å². The highest BCUT2D eigenvalue weighted by atomic mass is 35.5. The van der Waals surface area contributed by atoms with Crippen molar-refractivity contribution in [1.82, 2.24) is 10.1 Å². The molecule has 1 saturated heterocycles. The lowest BCUT2D eigenvalue weighted by Gasteiger charge is -2.18. The van der Waals surface area contributed by atoms with Gasteiger partial charge in [-0.15, -0.1) is 0 Å². The van der Waals surface area contributed by atoms with Gasteiger partial charge in [-0.1, -0.05) is 35.0 Å². The van der Waals surface area contributed by atoms with Crippen molar-refractivity contribution in [3.8, 4) is 11.4 Å². The Hall–Kier alpha value is -2.73. The molecule has 1 atom stereocenters. The fourth-order valence-electron chi connectivity index (χ4n) is 3.13. The number of aromatic nitrogens is 2. The number of benzene rings is 2. The molecule has 4 rings (SSSR count). The van der Waals surface area contributed by atoms with Gasteiger partial charge in [0.1, 0.15) is 5.82 Å². The van der Waals surface area contributed by atoms with Crippen LogP contribution in [0.25, 0.3) is 11.4 Å². The minimum absolute atomic E-state index is 0.00405. The summed E-state index contributed by atoms with van der Waals surface area (Å²) in [5.41, 5.74) is 2.49. The molecule has 1 aliphatic rings. The van der Waals surface area contributed by atoms with Crippen LogP contribution in [-0.4, -0.2) is 22.6 Å². The first-order chi connectivity index (χ1) is 12.5. The van der Waals surface area contributed by atoms with Crippen molar-refractivity contribution in [3.63, 3.8) is 0 Å². The molecule has 0 bridgehead atoms. The summed E-state index contributed by atoms with van der Waals surface area (Å²) in [5, 5.41) is 3.94. The van der Waals surface area contributed by atoms with E-state index in [1.54, 1.807) is 4.90 Å². The van der Waals surface area contributed by atoms with Crippen LogP contribution in [0.15, 0.2) is 47.0 Å². The molecule has 26 heavy (non-hydrogen) atoms. The standard InChI is InChI=1S/C19H15ClFN3O2/c1-11-4-2-3-5-16(11)24-10-13(9-17(24)25)19-22-18(23-26-19)12-6-7-15(21)14(20)8-12/h2-8,13H,9-10H2,1H3. The van der Waals surface area contributed by atoms with E-state index in [0.717, 1.165) is 11.3 Å². The largest absolute Gasteiger partial charge is 0.339 e. The average Bonchev–Trinajstić information content (AvgIpc) is 3.25. The molecule has 2 heterocycles. The van der Waals surface area contributed by atoms with Crippen molar-refractivity contribution < 1.29 is 13.7 Å². The molecule has 1 unspecified atom stereocenters. The molecule has 2 aromatic carbocycles. The molecule has 0 radical (unpaired) electrons. The van der Waals surface area contributed by atoms with Gasteiger partial charge in [-0.2, -0.15) is 4.98 Å². The summed E-state index contributed by atoms with van der Waals surface area (Å²) in [4.78, 5) is 18.6. The molecule has 1 aromatic heterocycles. The van der Waals surface area contributed by atoms with Crippen molar-refractivity contribution in [2.75, 3.05) is 11.4 Å². The summed E-state index contributed by atoms with van der Waals surface area (Å²) in [5.74, 6) is 0.0520. The second-order valence-electron chi connectivity index (χ2n) is 6.28. The van der Waals surface area contributed by atoms with Gasteiger partial charge in [0.2, 0.25) is 17.6 Å². The highest BCUT2D eigenvalue weighted by Crippen LogP contribution is 2.33. The average molecular weight is 372 g/mol. The maximum atomic E-state index is 13.3. The lowest BCUT2D eigenvalue weighted by Crippen LogP contribution is -2.25. The monoisotopic (exact) mass is 371 g/mol. The van der Waals surface area contributed by atoms with Gasteiger partial charge >= 0.3 is 0 Å². The highest BCUT2D eigenvalue weighted by molar-refractivity contribution is 6.31. The number of para-hydroxylation sites is 1. The summed E-state index contributed by atoms with van der Waals surface area (Å²) < 4.78 is 18.7. The number of aryl methyl sites for hydroxylation is 1. The van der Waals surface area contributed by atoms with Crippen molar-refractivity contribution >= 4 is 23.2 Å². The van der Waals surface area contributed by atoms with Crippen LogP contribution < -0.4 is 4.90 Å². The van der Waals surface area contributed by atoms with Crippen molar-refractivity contribution in [1.29, 1.82) is 0 Å². The molecular weight excluding hydrogens is 357 g/mol. The Bertz CT molecular complexity index is 988. The molecule has 0 aliphatic carbocycles. The van der Waals surface area contributed by atoms with Gasteiger partial charge in [0.15, 0.2) is 0 Å². The van der Waals surface area contributed by atoms with Crippen LogP contribution in [0.3, 0.4) is 0 Å². The summed E-state index contributed by atoms with van der Waals surface area (Å²) in [7, 11) is 0. The predicted octanol–water partition coefficient (Wildman–Crippen LogP) is 4.36. The predicted molar refractivity (Wildman–Crippen MR) is 95.6 cm³/mol. The number of hydrogen-bond donors (Lipinski definition) is 0. The van der Waals surface area contributed by atoms with Crippen LogP contribution in [0.5, 0.6) is 0 Å². The number of anilines is 1. The first-order valence-electron chi connectivity index (χ1n) is 8.18. The minimum atomic E-state index is -0.505. The summed E-state index contributed by atoms with van der Waals surface area (Å²) >= 11 is 5.81. The van der Waals surface area contributed by atoms with E-state index in [1.165, 1.54) is 18.2 Å². The normalized spacial score (nSPS) is 17.1. The fourth-order valence-corrected chi connectivity index (χ4v) is 3.31. The van der Waals surface area contributed by atoms with Gasteiger partial charge in [0.25, 0.3) is 0 Å². The van der Waals surface area contributed by atoms with Gasteiger partial charge in [0, 0.05) is 24.2 Å². The summed E-state index contributed by atoms with van der Waals surface area (Å²) in [6.07, 6.45) is 0.306. The Labute approximate surface area is 154 Å². The molecule has 1 aliphatic heterocycles. The lowest BCUT2D eigenvalue weighted by molar-refractivity contribution is -0.117. The van der Waals surface area contributed by atoms with Gasteiger partial charge < -0.3 is 9.42 Å². The van der Waals surface area contributed by atoms with Gasteiger partial charge in [-0.05, 0) is 36.8 Å². The zero-order valence-electron chi connectivity index (χ0n) is 13.9. The Morgan fingerprint density at radius 2 is 2.08 bits per heavy atom. The number of carbonyl (C=O) groups is 1. The van der Waals surface area contributed by atoms with Crippen molar-refractivity contribution in [2.24, 2.45) is 0 Å². The Morgan fingerprint density at radius 1 is 1.27 bits per heavy atom. The number of amides is 1. The third kappa shape index (κ3) is 2.97. The second kappa shape index (κ2) is 6.53. The van der Waals surface area contributed by atoms with E-state index in [-0.39, 0.29) is 16.8 Å². The first kappa shape index (κ1) is 16.7. The molecule has 1 amide bonds. The number of nitrogens with zero attached hydrogens (tertiary/aromatic N) is 3. The Balaban J connectivity index is 1.58.